The van der Waals surface area contributed by atoms with Crippen LogP contribution in [0.25, 0.3) is 16.6 Å². The highest BCUT2D eigenvalue weighted by molar-refractivity contribution is 6.52. The number of esters is 1. The molecule has 1 aromatic heterocycles. The lowest BCUT2D eigenvalue weighted by molar-refractivity contribution is -0.143. The van der Waals surface area contributed by atoms with E-state index in [2.05, 4.69) is 0 Å². The minimum absolute atomic E-state index is 0.0487. The Bertz CT molecular complexity index is 1140. The van der Waals surface area contributed by atoms with Crippen LogP contribution in [0.4, 0.5) is 0 Å². The van der Waals surface area contributed by atoms with Gasteiger partial charge in [-0.15, -0.1) is 0 Å². The molecule has 0 spiro atoms. The Balaban J connectivity index is 1.92. The highest BCUT2D eigenvalue weighted by Crippen LogP contribution is 2.35. The number of ether oxygens (including phenoxy) is 1. The van der Waals surface area contributed by atoms with Crippen molar-refractivity contribution >= 4 is 34.1 Å². The van der Waals surface area contributed by atoms with Crippen LogP contribution < -0.4 is 0 Å². The zero-order valence-corrected chi connectivity index (χ0v) is 15.5. The molecule has 0 fully saturated rings. The molecule has 0 atom stereocenters. The van der Waals surface area contributed by atoms with E-state index in [1.54, 1.807) is 19.1 Å². The second-order valence-electron chi connectivity index (χ2n) is 6.58. The first-order valence-electron chi connectivity index (χ1n) is 9.25. The minimum Gasteiger partial charge on any atom is -0.466 e. The number of allylic oxidation sites excluding steroid dienone is 1. The number of rotatable bonds is 5. The van der Waals surface area contributed by atoms with E-state index in [1.807, 2.05) is 53.2 Å². The molecule has 0 aliphatic heterocycles. The second kappa shape index (κ2) is 7.27. The summed E-state index contributed by atoms with van der Waals surface area (Å²) >= 11 is 0. The van der Waals surface area contributed by atoms with E-state index in [4.69, 9.17) is 4.74 Å². The quantitative estimate of drug-likeness (QED) is 0.501. The van der Waals surface area contributed by atoms with Gasteiger partial charge in [-0.25, -0.2) is 0 Å². The summed E-state index contributed by atoms with van der Waals surface area (Å²) in [5, 5.41) is 1.03. The van der Waals surface area contributed by atoms with E-state index in [0.29, 0.717) is 22.4 Å². The first kappa shape index (κ1) is 17.9. The first-order valence-corrected chi connectivity index (χ1v) is 9.25. The molecule has 0 saturated heterocycles. The van der Waals surface area contributed by atoms with Crippen LogP contribution in [0.3, 0.4) is 0 Å². The van der Waals surface area contributed by atoms with Crippen LogP contribution >= 0.6 is 0 Å². The monoisotopic (exact) mass is 373 g/mol. The van der Waals surface area contributed by atoms with Gasteiger partial charge in [0.05, 0.1) is 17.8 Å². The van der Waals surface area contributed by atoms with Gasteiger partial charge in [0.2, 0.25) is 11.6 Å². The Morgan fingerprint density at radius 2 is 1.64 bits per heavy atom. The molecule has 2 aromatic carbocycles. The number of nitrogens with zero attached hydrogens (tertiary/aromatic N) is 1. The molecule has 5 nitrogen and oxygen atoms in total. The van der Waals surface area contributed by atoms with Gasteiger partial charge >= 0.3 is 5.97 Å². The van der Waals surface area contributed by atoms with Crippen molar-refractivity contribution in [3.8, 4) is 0 Å². The Morgan fingerprint density at radius 1 is 0.929 bits per heavy atom. The SMILES string of the molecule is CCOC(=O)CCC1=C(n2ccc3ccccc32)c2ccccc2C(=O)C1=O. The minimum atomic E-state index is -0.559. The van der Waals surface area contributed by atoms with Gasteiger partial charge in [0.25, 0.3) is 0 Å². The molecule has 0 unspecified atom stereocenters. The summed E-state index contributed by atoms with van der Waals surface area (Å²) in [6.07, 6.45) is 2.09. The number of Topliss-reactive ketones (excluding diaryl/α,β-unsaturated/α-hetero) is 2. The van der Waals surface area contributed by atoms with E-state index in [-0.39, 0.29) is 25.4 Å². The molecule has 0 saturated carbocycles. The van der Waals surface area contributed by atoms with Crippen LogP contribution in [0.2, 0.25) is 0 Å². The average molecular weight is 373 g/mol. The molecule has 0 radical (unpaired) electrons. The second-order valence-corrected chi connectivity index (χ2v) is 6.58. The summed E-state index contributed by atoms with van der Waals surface area (Å²) in [7, 11) is 0. The van der Waals surface area contributed by atoms with E-state index < -0.39 is 11.6 Å². The summed E-state index contributed by atoms with van der Waals surface area (Å²) in [4.78, 5) is 37.5. The predicted octanol–water partition coefficient (Wildman–Crippen LogP) is 4.01. The van der Waals surface area contributed by atoms with E-state index in [9.17, 15) is 14.4 Å². The summed E-state index contributed by atoms with van der Waals surface area (Å²) in [6.45, 7) is 2.02. The summed E-state index contributed by atoms with van der Waals surface area (Å²) in [5.74, 6) is -1.48. The van der Waals surface area contributed by atoms with Gasteiger partial charge < -0.3 is 9.30 Å². The van der Waals surface area contributed by atoms with E-state index >= 15 is 0 Å². The van der Waals surface area contributed by atoms with Gasteiger partial charge in [-0.3, -0.25) is 14.4 Å². The molecule has 28 heavy (non-hydrogen) atoms. The summed E-state index contributed by atoms with van der Waals surface area (Å²) in [5.41, 5.74) is 3.03. The number of carbonyl (C=O) groups is 3. The van der Waals surface area contributed by atoms with Gasteiger partial charge in [0, 0.05) is 29.3 Å². The maximum atomic E-state index is 12.9. The van der Waals surface area contributed by atoms with Gasteiger partial charge in [0.1, 0.15) is 0 Å². The van der Waals surface area contributed by atoms with Gasteiger partial charge in [-0.2, -0.15) is 0 Å². The molecule has 5 heteroatoms. The van der Waals surface area contributed by atoms with Crippen molar-refractivity contribution in [2.24, 2.45) is 0 Å². The number of fused-ring (bicyclic) bond motifs is 2. The molecular formula is C23H19NO4. The highest BCUT2D eigenvalue weighted by Gasteiger charge is 2.33. The van der Waals surface area contributed by atoms with Gasteiger partial charge in [-0.1, -0.05) is 42.5 Å². The largest absolute Gasteiger partial charge is 0.466 e. The lowest BCUT2D eigenvalue weighted by atomic mass is 9.85. The predicted molar refractivity (Wildman–Crippen MR) is 106 cm³/mol. The molecule has 0 amide bonds. The number of ketones is 2. The third kappa shape index (κ3) is 2.95. The first-order chi connectivity index (χ1) is 13.6. The standard InChI is InChI=1S/C23H19NO4/c1-2-28-20(25)12-11-18-21(24-14-13-15-7-3-6-10-19(15)24)16-8-4-5-9-17(16)22(26)23(18)27/h3-10,13-14H,2,11-12H2,1H3. The molecule has 1 heterocycles. The van der Waals surface area contributed by atoms with Crippen molar-refractivity contribution in [1.29, 1.82) is 0 Å². The van der Waals surface area contributed by atoms with Crippen LogP contribution in [0.15, 0.2) is 66.4 Å². The molecular weight excluding hydrogens is 354 g/mol. The van der Waals surface area contributed by atoms with Crippen molar-refractivity contribution in [3.63, 3.8) is 0 Å². The number of para-hydroxylation sites is 1. The zero-order valence-electron chi connectivity index (χ0n) is 15.5. The van der Waals surface area contributed by atoms with Gasteiger partial charge in [-0.05, 0) is 30.9 Å². The van der Waals surface area contributed by atoms with Gasteiger partial charge in [0.15, 0.2) is 0 Å². The van der Waals surface area contributed by atoms with E-state index in [0.717, 1.165) is 10.9 Å². The van der Waals surface area contributed by atoms with Crippen LogP contribution in [0, 0.1) is 0 Å². The maximum Gasteiger partial charge on any atom is 0.306 e. The van der Waals surface area contributed by atoms with Crippen LogP contribution in [0.1, 0.15) is 35.7 Å². The molecule has 1 aliphatic rings. The number of benzene rings is 2. The Hall–Kier alpha value is -3.47. The normalized spacial score (nSPS) is 13.8. The third-order valence-corrected chi connectivity index (χ3v) is 4.92. The summed E-state index contributed by atoms with van der Waals surface area (Å²) in [6, 6.07) is 16.9. The van der Waals surface area contributed by atoms with Crippen LogP contribution in [0.5, 0.6) is 0 Å². The Morgan fingerprint density at radius 3 is 2.43 bits per heavy atom. The molecule has 4 rings (SSSR count). The third-order valence-electron chi connectivity index (χ3n) is 4.92. The molecule has 1 aliphatic carbocycles. The topological polar surface area (TPSA) is 65.4 Å². The van der Waals surface area contributed by atoms with Crippen molar-refractivity contribution in [1.82, 2.24) is 4.57 Å². The lowest BCUT2D eigenvalue weighted by Crippen LogP contribution is -2.26. The number of aromatic nitrogens is 1. The molecule has 3 aromatic rings. The fourth-order valence-corrected chi connectivity index (χ4v) is 3.66. The molecule has 0 bridgehead atoms. The number of hydrogen-bond acceptors (Lipinski definition) is 4. The number of hydrogen-bond donors (Lipinski definition) is 0. The van der Waals surface area contributed by atoms with Crippen molar-refractivity contribution < 1.29 is 19.1 Å². The van der Waals surface area contributed by atoms with E-state index in [1.165, 1.54) is 0 Å². The van der Waals surface area contributed by atoms with Crippen molar-refractivity contribution in [3.05, 3.63) is 77.5 Å². The molecule has 140 valence electrons. The average Bonchev–Trinajstić information content (AvgIpc) is 3.13. The lowest BCUT2D eigenvalue weighted by Gasteiger charge is -2.23. The fraction of sp³-hybridized carbons (Fsp3) is 0.174. The maximum absolute atomic E-state index is 12.9. The Labute approximate surface area is 162 Å². The van der Waals surface area contributed by atoms with Crippen molar-refractivity contribution in [2.75, 3.05) is 6.61 Å². The molecule has 0 N–H and O–H groups in total. The van der Waals surface area contributed by atoms with Crippen LogP contribution in [-0.2, 0) is 14.3 Å². The van der Waals surface area contributed by atoms with Crippen molar-refractivity contribution in [2.45, 2.75) is 19.8 Å². The van der Waals surface area contributed by atoms with Crippen LogP contribution in [-0.4, -0.2) is 28.7 Å². The zero-order chi connectivity index (χ0) is 19.7. The fourth-order valence-electron chi connectivity index (χ4n) is 3.66. The number of carbonyl (C=O) groups excluding carboxylic acids is 3. The highest BCUT2D eigenvalue weighted by atomic mass is 16.5. The summed E-state index contributed by atoms with van der Waals surface area (Å²) < 4.78 is 6.93. The Kier molecular flexibility index (Phi) is 4.65. The smallest absolute Gasteiger partial charge is 0.306 e.